The van der Waals surface area contributed by atoms with E-state index < -0.39 is 0 Å². The summed E-state index contributed by atoms with van der Waals surface area (Å²) in [6.07, 6.45) is 0.418. The fourth-order valence-corrected chi connectivity index (χ4v) is 1.32. The van der Waals surface area contributed by atoms with Gasteiger partial charge in [0.15, 0.2) is 0 Å². The van der Waals surface area contributed by atoms with Crippen molar-refractivity contribution in [2.75, 3.05) is 23.8 Å². The predicted octanol–water partition coefficient (Wildman–Crippen LogP) is 2.01. The Morgan fingerprint density at radius 2 is 1.72 bits per heavy atom. The molecule has 2 N–H and O–H groups in total. The summed E-state index contributed by atoms with van der Waals surface area (Å²) in [5, 5.41) is 5.42. The molecule has 1 aromatic carbocycles. The van der Waals surface area contributed by atoms with Crippen molar-refractivity contribution in [2.24, 2.45) is 0 Å². The Kier molecular flexibility index (Phi) is 5.87. The van der Waals surface area contributed by atoms with Crippen LogP contribution in [0.1, 0.15) is 20.3 Å². The van der Waals surface area contributed by atoms with Crippen LogP contribution in [0.3, 0.4) is 0 Å². The summed E-state index contributed by atoms with van der Waals surface area (Å²) in [5.41, 5.74) is 1.30. The van der Waals surface area contributed by atoms with E-state index in [0.717, 1.165) is 0 Å². The molecule has 2 amide bonds. The van der Waals surface area contributed by atoms with E-state index in [0.29, 0.717) is 24.4 Å². The SMILES string of the molecule is CCOCC(=O)Nc1cccc(NC(=O)CC)c1. The van der Waals surface area contributed by atoms with Gasteiger partial charge in [-0.25, -0.2) is 0 Å². The fraction of sp³-hybridized carbons (Fsp3) is 0.385. The van der Waals surface area contributed by atoms with Crippen LogP contribution in [0.5, 0.6) is 0 Å². The molecule has 5 heteroatoms. The molecule has 0 saturated carbocycles. The van der Waals surface area contributed by atoms with E-state index in [-0.39, 0.29) is 18.4 Å². The van der Waals surface area contributed by atoms with Gasteiger partial charge in [0.2, 0.25) is 11.8 Å². The molecule has 1 rings (SSSR count). The Labute approximate surface area is 107 Å². The third kappa shape index (κ3) is 4.97. The lowest BCUT2D eigenvalue weighted by Gasteiger charge is -2.08. The van der Waals surface area contributed by atoms with Gasteiger partial charge >= 0.3 is 0 Å². The number of carbonyl (C=O) groups is 2. The van der Waals surface area contributed by atoms with Gasteiger partial charge in [-0.1, -0.05) is 13.0 Å². The molecule has 0 saturated heterocycles. The Bertz CT molecular complexity index is 418. The van der Waals surface area contributed by atoms with Crippen molar-refractivity contribution in [1.29, 1.82) is 0 Å². The second-order valence-electron chi connectivity index (χ2n) is 3.67. The third-order valence-corrected chi connectivity index (χ3v) is 2.19. The smallest absolute Gasteiger partial charge is 0.250 e. The molecule has 0 aliphatic heterocycles. The van der Waals surface area contributed by atoms with E-state index >= 15 is 0 Å². The minimum absolute atomic E-state index is 0.0298. The zero-order chi connectivity index (χ0) is 13.4. The number of carbonyl (C=O) groups excluding carboxylic acids is 2. The normalized spacial score (nSPS) is 9.89. The highest BCUT2D eigenvalue weighted by atomic mass is 16.5. The number of hydrogen-bond acceptors (Lipinski definition) is 3. The van der Waals surface area contributed by atoms with Crippen LogP contribution in [0, 0.1) is 0 Å². The van der Waals surface area contributed by atoms with Crippen LogP contribution in [-0.4, -0.2) is 25.0 Å². The molecule has 0 bridgehead atoms. The number of anilines is 2. The van der Waals surface area contributed by atoms with E-state index in [1.54, 1.807) is 31.2 Å². The Hall–Kier alpha value is -1.88. The van der Waals surface area contributed by atoms with Gasteiger partial charge < -0.3 is 15.4 Å². The maximum absolute atomic E-state index is 11.4. The maximum Gasteiger partial charge on any atom is 0.250 e. The average Bonchev–Trinajstić information content (AvgIpc) is 2.36. The molecule has 0 aliphatic carbocycles. The van der Waals surface area contributed by atoms with Crippen LogP contribution in [0.15, 0.2) is 24.3 Å². The highest BCUT2D eigenvalue weighted by Crippen LogP contribution is 2.15. The molecule has 98 valence electrons. The summed E-state index contributed by atoms with van der Waals surface area (Å²) in [7, 11) is 0. The number of nitrogens with one attached hydrogen (secondary N) is 2. The monoisotopic (exact) mass is 250 g/mol. The third-order valence-electron chi connectivity index (χ3n) is 2.19. The van der Waals surface area contributed by atoms with Crippen LogP contribution in [0.4, 0.5) is 11.4 Å². The van der Waals surface area contributed by atoms with Gasteiger partial charge in [-0.05, 0) is 25.1 Å². The van der Waals surface area contributed by atoms with Gasteiger partial charge in [0.1, 0.15) is 6.61 Å². The van der Waals surface area contributed by atoms with E-state index in [9.17, 15) is 9.59 Å². The number of hydrogen-bond donors (Lipinski definition) is 2. The standard InChI is InChI=1S/C13H18N2O3/c1-3-12(16)14-10-6-5-7-11(8-10)15-13(17)9-18-4-2/h5-8H,3-4,9H2,1-2H3,(H,14,16)(H,15,17). The maximum atomic E-state index is 11.4. The van der Waals surface area contributed by atoms with Crippen molar-refractivity contribution < 1.29 is 14.3 Å². The zero-order valence-electron chi connectivity index (χ0n) is 10.7. The Balaban J connectivity index is 2.59. The summed E-state index contributed by atoms with van der Waals surface area (Å²) in [6, 6.07) is 7.00. The van der Waals surface area contributed by atoms with Crippen LogP contribution in [-0.2, 0) is 14.3 Å². The Morgan fingerprint density at radius 3 is 2.28 bits per heavy atom. The predicted molar refractivity (Wildman–Crippen MR) is 70.5 cm³/mol. The first-order valence-corrected chi connectivity index (χ1v) is 5.93. The van der Waals surface area contributed by atoms with Gasteiger partial charge in [-0.2, -0.15) is 0 Å². The van der Waals surface area contributed by atoms with E-state index in [1.807, 2.05) is 6.92 Å². The zero-order valence-corrected chi connectivity index (χ0v) is 10.7. The van der Waals surface area contributed by atoms with Gasteiger partial charge in [0, 0.05) is 24.4 Å². The van der Waals surface area contributed by atoms with Crippen molar-refractivity contribution >= 4 is 23.2 Å². The molecule has 5 nitrogen and oxygen atoms in total. The molecule has 1 aromatic rings. The van der Waals surface area contributed by atoms with Crippen LogP contribution in [0.25, 0.3) is 0 Å². The number of amides is 2. The highest BCUT2D eigenvalue weighted by Gasteiger charge is 2.03. The largest absolute Gasteiger partial charge is 0.372 e. The minimum Gasteiger partial charge on any atom is -0.372 e. The van der Waals surface area contributed by atoms with E-state index in [2.05, 4.69) is 10.6 Å². The summed E-state index contributed by atoms with van der Waals surface area (Å²) >= 11 is 0. The first-order valence-electron chi connectivity index (χ1n) is 5.93. The highest BCUT2D eigenvalue weighted by molar-refractivity contribution is 5.94. The first kappa shape index (κ1) is 14.2. The lowest BCUT2D eigenvalue weighted by atomic mass is 10.2. The van der Waals surface area contributed by atoms with E-state index in [4.69, 9.17) is 4.74 Å². The van der Waals surface area contributed by atoms with Crippen molar-refractivity contribution in [2.45, 2.75) is 20.3 Å². The Morgan fingerprint density at radius 1 is 1.11 bits per heavy atom. The quantitative estimate of drug-likeness (QED) is 0.811. The molecule has 0 aliphatic rings. The molecular formula is C13H18N2O3. The molecule has 0 unspecified atom stereocenters. The fourth-order valence-electron chi connectivity index (χ4n) is 1.32. The van der Waals surface area contributed by atoms with Crippen molar-refractivity contribution in [1.82, 2.24) is 0 Å². The van der Waals surface area contributed by atoms with Crippen molar-refractivity contribution in [3.8, 4) is 0 Å². The number of benzene rings is 1. The summed E-state index contributed by atoms with van der Waals surface area (Å²) in [5.74, 6) is -0.274. The van der Waals surface area contributed by atoms with Crippen LogP contribution in [0.2, 0.25) is 0 Å². The molecule has 18 heavy (non-hydrogen) atoms. The van der Waals surface area contributed by atoms with Gasteiger partial charge in [-0.15, -0.1) is 0 Å². The van der Waals surface area contributed by atoms with Crippen molar-refractivity contribution in [3.05, 3.63) is 24.3 Å². The van der Waals surface area contributed by atoms with Gasteiger partial charge in [-0.3, -0.25) is 9.59 Å². The van der Waals surface area contributed by atoms with Gasteiger partial charge in [0.25, 0.3) is 0 Å². The molecule has 0 radical (unpaired) electrons. The molecule has 0 atom stereocenters. The summed E-state index contributed by atoms with van der Waals surface area (Å²) in [6.45, 7) is 4.14. The van der Waals surface area contributed by atoms with E-state index in [1.165, 1.54) is 0 Å². The molecule has 0 aromatic heterocycles. The molecule has 0 spiro atoms. The first-order chi connectivity index (χ1) is 8.65. The second-order valence-corrected chi connectivity index (χ2v) is 3.67. The van der Waals surface area contributed by atoms with Crippen molar-refractivity contribution in [3.63, 3.8) is 0 Å². The minimum atomic E-state index is -0.212. The lowest BCUT2D eigenvalue weighted by Crippen LogP contribution is -2.18. The average molecular weight is 250 g/mol. The summed E-state index contributed by atoms with van der Waals surface area (Å²) in [4.78, 5) is 22.7. The second kappa shape index (κ2) is 7.45. The molecule has 0 fully saturated rings. The topological polar surface area (TPSA) is 67.4 Å². The number of rotatable bonds is 6. The van der Waals surface area contributed by atoms with Crippen LogP contribution < -0.4 is 10.6 Å². The van der Waals surface area contributed by atoms with Crippen LogP contribution >= 0.6 is 0 Å². The van der Waals surface area contributed by atoms with Gasteiger partial charge in [0.05, 0.1) is 0 Å². The summed E-state index contributed by atoms with van der Waals surface area (Å²) < 4.78 is 5.00. The number of ether oxygens (including phenoxy) is 1. The molecular weight excluding hydrogens is 232 g/mol. The molecule has 0 heterocycles. The lowest BCUT2D eigenvalue weighted by molar-refractivity contribution is -0.120.